The molecule has 212 valence electrons. The molecule has 1 heterocycles. The van der Waals surface area contributed by atoms with Gasteiger partial charge in [-0.15, -0.1) is 0 Å². The molecule has 1 amide bonds. The van der Waals surface area contributed by atoms with Crippen molar-refractivity contribution >= 4 is 29.7 Å². The highest BCUT2D eigenvalue weighted by Crippen LogP contribution is 2.15. The number of hydrogen-bond acceptors (Lipinski definition) is 5. The van der Waals surface area contributed by atoms with Gasteiger partial charge in [-0.25, -0.2) is 0 Å². The Bertz CT molecular complexity index is 1220. The second-order valence-electron chi connectivity index (χ2n) is 9.80. The number of hydrogen-bond donors (Lipinski definition) is 1. The van der Waals surface area contributed by atoms with Crippen molar-refractivity contribution in [2.75, 3.05) is 18.5 Å². The van der Waals surface area contributed by atoms with Gasteiger partial charge < -0.3 is 14.8 Å². The maximum absolute atomic E-state index is 12.1. The summed E-state index contributed by atoms with van der Waals surface area (Å²) in [6.45, 7) is 5.49. The molecule has 3 aromatic rings. The molecule has 0 saturated heterocycles. The van der Waals surface area contributed by atoms with Crippen LogP contribution in [-0.2, 0) is 38.5 Å². The third kappa shape index (κ3) is 12.0. The first-order valence-electron chi connectivity index (χ1n) is 14.4. The van der Waals surface area contributed by atoms with Crippen molar-refractivity contribution in [2.24, 2.45) is 0 Å². The quantitative estimate of drug-likeness (QED) is 0.142. The first-order valence-corrected chi connectivity index (χ1v) is 14.4. The van der Waals surface area contributed by atoms with Gasteiger partial charge in [0.25, 0.3) is 0 Å². The Labute approximate surface area is 238 Å². The van der Waals surface area contributed by atoms with Gasteiger partial charge in [0.15, 0.2) is 0 Å². The average Bonchev–Trinajstić information content (AvgIpc) is 2.97. The molecule has 0 aliphatic carbocycles. The van der Waals surface area contributed by atoms with Gasteiger partial charge in [-0.1, -0.05) is 61.9 Å². The molecule has 0 aliphatic heterocycles. The zero-order chi connectivity index (χ0) is 28.4. The summed E-state index contributed by atoms with van der Waals surface area (Å²) in [6, 6.07) is 22.5. The number of ether oxygens (including phenoxy) is 2. The first-order chi connectivity index (χ1) is 19.6. The van der Waals surface area contributed by atoms with E-state index < -0.39 is 0 Å². The Morgan fingerprint density at radius 2 is 1.60 bits per heavy atom. The Kier molecular flexibility index (Phi) is 13.6. The van der Waals surface area contributed by atoms with Gasteiger partial charge in [0.2, 0.25) is 5.91 Å². The summed E-state index contributed by atoms with van der Waals surface area (Å²) >= 11 is 0. The molecule has 1 N–H and O–H groups in total. The number of aryl methyl sites for hydroxylation is 2. The fraction of sp³-hybridized carbons (Fsp3) is 0.382. The van der Waals surface area contributed by atoms with E-state index in [2.05, 4.69) is 41.5 Å². The van der Waals surface area contributed by atoms with Crippen LogP contribution in [0.1, 0.15) is 80.5 Å². The predicted molar refractivity (Wildman–Crippen MR) is 162 cm³/mol. The molecule has 6 nitrogen and oxygen atoms in total. The molecule has 0 fully saturated rings. The molecule has 0 saturated carbocycles. The van der Waals surface area contributed by atoms with Crippen molar-refractivity contribution in [1.82, 2.24) is 4.98 Å². The smallest absolute Gasteiger partial charge is 0.306 e. The molecule has 40 heavy (non-hydrogen) atoms. The lowest BCUT2D eigenvalue weighted by Crippen LogP contribution is -2.14. The fourth-order valence-corrected chi connectivity index (χ4v) is 4.21. The summed E-state index contributed by atoms with van der Waals surface area (Å²) in [6.07, 6.45) is 10.9. The molecule has 2 aromatic carbocycles. The van der Waals surface area contributed by atoms with Crippen LogP contribution in [0.4, 0.5) is 5.69 Å². The van der Waals surface area contributed by atoms with Gasteiger partial charge in [0.1, 0.15) is 0 Å². The summed E-state index contributed by atoms with van der Waals surface area (Å²) < 4.78 is 10.7. The summed E-state index contributed by atoms with van der Waals surface area (Å²) in [4.78, 5) is 28.3. The number of nitrogens with zero attached hydrogens (tertiary/aromatic N) is 1. The number of nitrogens with one attached hydrogen (secondary N) is 1. The van der Waals surface area contributed by atoms with Gasteiger partial charge >= 0.3 is 5.97 Å². The zero-order valence-corrected chi connectivity index (χ0v) is 23.9. The highest BCUT2D eigenvalue weighted by atomic mass is 16.5. The third-order valence-electron chi connectivity index (χ3n) is 6.40. The molecule has 6 heteroatoms. The monoisotopic (exact) mass is 542 g/mol. The third-order valence-corrected chi connectivity index (χ3v) is 6.40. The van der Waals surface area contributed by atoms with Crippen LogP contribution >= 0.6 is 0 Å². The number of pyridine rings is 1. The number of anilines is 1. The van der Waals surface area contributed by atoms with Crippen molar-refractivity contribution < 1.29 is 19.1 Å². The summed E-state index contributed by atoms with van der Waals surface area (Å²) in [5.74, 6) is -0.589. The zero-order valence-electron chi connectivity index (χ0n) is 23.9. The summed E-state index contributed by atoms with van der Waals surface area (Å²) in [7, 11) is 0. The largest absolute Gasteiger partial charge is 0.466 e. The molecule has 0 atom stereocenters. The summed E-state index contributed by atoms with van der Waals surface area (Å²) in [5, 5.41) is 2.83. The van der Waals surface area contributed by atoms with Crippen LogP contribution in [0.15, 0.2) is 66.7 Å². The molecule has 1 aromatic heterocycles. The normalized spacial score (nSPS) is 11.1. The van der Waals surface area contributed by atoms with Crippen LogP contribution in [0.5, 0.6) is 0 Å². The van der Waals surface area contributed by atoms with Crippen LogP contribution in [0.25, 0.3) is 12.2 Å². The Hall–Kier alpha value is -3.77. The number of amides is 1. The van der Waals surface area contributed by atoms with E-state index in [0.717, 1.165) is 36.2 Å². The van der Waals surface area contributed by atoms with Crippen molar-refractivity contribution in [3.8, 4) is 0 Å². The number of benzene rings is 2. The lowest BCUT2D eigenvalue weighted by Gasteiger charge is -2.07. The van der Waals surface area contributed by atoms with Gasteiger partial charge in [-0.3, -0.25) is 14.6 Å². The van der Waals surface area contributed by atoms with E-state index >= 15 is 0 Å². The lowest BCUT2D eigenvalue weighted by atomic mass is 10.0. The van der Waals surface area contributed by atoms with Gasteiger partial charge in [-0.2, -0.15) is 0 Å². The molecule has 0 bridgehead atoms. The van der Waals surface area contributed by atoms with Gasteiger partial charge in [0.05, 0.1) is 31.0 Å². The van der Waals surface area contributed by atoms with Gasteiger partial charge in [-0.05, 0) is 86.1 Å². The highest BCUT2D eigenvalue weighted by Gasteiger charge is 2.08. The minimum Gasteiger partial charge on any atom is -0.466 e. The number of esters is 1. The summed E-state index contributed by atoms with van der Waals surface area (Å²) in [5.41, 5.74) is 6.17. The first kappa shape index (κ1) is 30.8. The Morgan fingerprint density at radius 3 is 2.35 bits per heavy atom. The van der Waals surface area contributed by atoms with E-state index in [1.165, 1.54) is 30.4 Å². The minimum atomic E-state index is -0.367. The lowest BCUT2D eigenvalue weighted by molar-refractivity contribution is -0.144. The van der Waals surface area contributed by atoms with E-state index in [0.29, 0.717) is 25.5 Å². The van der Waals surface area contributed by atoms with Crippen molar-refractivity contribution in [3.63, 3.8) is 0 Å². The van der Waals surface area contributed by atoms with Crippen molar-refractivity contribution in [1.29, 1.82) is 0 Å². The molecule has 3 rings (SSSR count). The van der Waals surface area contributed by atoms with E-state index in [1.807, 2.05) is 54.6 Å². The van der Waals surface area contributed by atoms with Gasteiger partial charge in [0, 0.05) is 18.7 Å². The average molecular weight is 543 g/mol. The number of carbonyl (C=O) groups excluding carboxylic acids is 2. The van der Waals surface area contributed by atoms with E-state index in [-0.39, 0.29) is 24.7 Å². The van der Waals surface area contributed by atoms with Crippen LogP contribution < -0.4 is 5.32 Å². The molecular weight excluding hydrogens is 500 g/mol. The molecular formula is C34H42N2O4. The van der Waals surface area contributed by atoms with Crippen molar-refractivity contribution in [2.45, 2.75) is 71.8 Å². The van der Waals surface area contributed by atoms with E-state index in [9.17, 15) is 9.59 Å². The SMILES string of the molecule is CCCCc1ccc(CCCCOCc2cccc(/C=C/c3cccc(NC(=O)CCC(=O)OCC)c3)n2)cc1. The minimum absolute atomic E-state index is 0.0681. The second kappa shape index (κ2) is 17.7. The molecule has 0 radical (unpaired) electrons. The molecule has 0 spiro atoms. The van der Waals surface area contributed by atoms with Crippen LogP contribution in [0, 0.1) is 0 Å². The topological polar surface area (TPSA) is 77.5 Å². The second-order valence-corrected chi connectivity index (χ2v) is 9.80. The molecule has 0 aliphatic rings. The van der Waals surface area contributed by atoms with Crippen LogP contribution in [0.3, 0.4) is 0 Å². The maximum Gasteiger partial charge on any atom is 0.306 e. The number of unbranched alkanes of at least 4 members (excludes halogenated alkanes) is 2. The van der Waals surface area contributed by atoms with Crippen LogP contribution in [0.2, 0.25) is 0 Å². The fourth-order valence-electron chi connectivity index (χ4n) is 4.21. The van der Waals surface area contributed by atoms with Crippen molar-refractivity contribution in [3.05, 3.63) is 94.8 Å². The Balaban J connectivity index is 1.38. The molecule has 0 unspecified atom stereocenters. The Morgan fingerprint density at radius 1 is 0.850 bits per heavy atom. The predicted octanol–water partition coefficient (Wildman–Crippen LogP) is 7.42. The number of rotatable bonds is 17. The standard InChI is InChI=1S/C34H42N2O4/c1-3-5-10-27-16-18-28(19-17-27)11-6-7-24-39-26-32-15-9-13-30(35-32)21-20-29-12-8-14-31(25-29)36-33(37)22-23-34(38)40-4-2/h8-9,12-21,25H,3-7,10-11,22-24,26H2,1-2H3,(H,36,37)/b21-20+. The highest BCUT2D eigenvalue weighted by molar-refractivity contribution is 5.93. The number of aromatic nitrogens is 1. The number of carbonyl (C=O) groups is 2. The van der Waals surface area contributed by atoms with E-state index in [4.69, 9.17) is 9.47 Å². The van der Waals surface area contributed by atoms with E-state index in [1.54, 1.807) is 6.92 Å². The van der Waals surface area contributed by atoms with Crippen LogP contribution in [-0.4, -0.2) is 30.1 Å². The maximum atomic E-state index is 12.1.